The Labute approximate surface area is 147 Å². The molecule has 0 radical (unpaired) electrons. The highest BCUT2D eigenvalue weighted by atomic mass is 35.5. The number of anilines is 1. The smallest absolute Gasteiger partial charge is 0.261 e. The van der Waals surface area contributed by atoms with E-state index in [4.69, 9.17) is 23.2 Å². The van der Waals surface area contributed by atoms with Crippen LogP contribution in [0.5, 0.6) is 0 Å². The highest BCUT2D eigenvalue weighted by Crippen LogP contribution is 2.14. The fourth-order valence-electron chi connectivity index (χ4n) is 2.11. The van der Waals surface area contributed by atoms with Gasteiger partial charge in [0.25, 0.3) is 11.5 Å². The number of nitrogens with one attached hydrogen (secondary N) is 2. The first-order valence-electron chi connectivity index (χ1n) is 6.98. The molecule has 2 aromatic carbocycles. The highest BCUT2D eigenvalue weighted by molar-refractivity contribution is 6.31. The van der Waals surface area contributed by atoms with Gasteiger partial charge in [-0.1, -0.05) is 23.2 Å². The zero-order valence-electron chi connectivity index (χ0n) is 12.3. The number of halogens is 2. The van der Waals surface area contributed by atoms with E-state index in [-0.39, 0.29) is 12.1 Å². The maximum atomic E-state index is 12.4. The summed E-state index contributed by atoms with van der Waals surface area (Å²) in [5.74, 6) is -0.393. The summed E-state index contributed by atoms with van der Waals surface area (Å²) in [6.45, 7) is -0.172. The molecule has 24 heavy (non-hydrogen) atoms. The van der Waals surface area contributed by atoms with Gasteiger partial charge in [-0.15, -0.1) is 0 Å². The molecular weight excluding hydrogens is 351 g/mol. The summed E-state index contributed by atoms with van der Waals surface area (Å²) in [5.41, 5.74) is 6.12. The predicted molar refractivity (Wildman–Crippen MR) is 94.2 cm³/mol. The summed E-state index contributed by atoms with van der Waals surface area (Å²) in [7, 11) is 0. The first-order chi connectivity index (χ1) is 11.5. The maximum absolute atomic E-state index is 12.4. The van der Waals surface area contributed by atoms with Gasteiger partial charge >= 0.3 is 0 Å². The van der Waals surface area contributed by atoms with Crippen LogP contribution in [-0.4, -0.2) is 15.5 Å². The number of nitrogens with zero attached hydrogens (tertiary/aromatic N) is 2. The number of hydrazine groups is 1. The van der Waals surface area contributed by atoms with E-state index in [9.17, 15) is 9.59 Å². The lowest BCUT2D eigenvalue weighted by atomic mass is 10.2. The summed E-state index contributed by atoms with van der Waals surface area (Å²) in [4.78, 5) is 28.5. The number of hydrogen-bond acceptors (Lipinski definition) is 4. The largest absolute Gasteiger partial charge is 0.299 e. The second kappa shape index (κ2) is 6.90. The molecule has 0 aliphatic heterocycles. The van der Waals surface area contributed by atoms with Crippen molar-refractivity contribution in [3.63, 3.8) is 0 Å². The Balaban J connectivity index is 1.72. The lowest BCUT2D eigenvalue weighted by molar-refractivity contribution is -0.121. The fraction of sp³-hybridized carbons (Fsp3) is 0.0625. The Hall–Kier alpha value is -2.57. The van der Waals surface area contributed by atoms with Crippen molar-refractivity contribution in [3.8, 4) is 0 Å². The zero-order chi connectivity index (χ0) is 17.1. The molecule has 8 heteroatoms. The Morgan fingerprint density at radius 2 is 1.79 bits per heavy atom. The van der Waals surface area contributed by atoms with Crippen molar-refractivity contribution in [2.45, 2.75) is 6.54 Å². The van der Waals surface area contributed by atoms with E-state index in [0.717, 1.165) is 0 Å². The van der Waals surface area contributed by atoms with Crippen LogP contribution in [-0.2, 0) is 11.3 Å². The topological polar surface area (TPSA) is 76.0 Å². The minimum atomic E-state index is -0.393. The third kappa shape index (κ3) is 3.67. The molecule has 3 rings (SSSR count). The number of hydrogen-bond donors (Lipinski definition) is 2. The molecule has 3 aromatic rings. The minimum Gasteiger partial charge on any atom is -0.299 e. The Morgan fingerprint density at radius 3 is 2.54 bits per heavy atom. The summed E-state index contributed by atoms with van der Waals surface area (Å²) in [6, 6.07) is 11.7. The van der Waals surface area contributed by atoms with E-state index >= 15 is 0 Å². The predicted octanol–water partition coefficient (Wildman–Crippen LogP) is 2.85. The second-order valence-electron chi connectivity index (χ2n) is 5.02. The lowest BCUT2D eigenvalue weighted by Gasteiger charge is -2.10. The molecule has 0 fully saturated rings. The third-order valence-corrected chi connectivity index (χ3v) is 3.78. The Morgan fingerprint density at radius 1 is 1.08 bits per heavy atom. The normalized spacial score (nSPS) is 10.6. The van der Waals surface area contributed by atoms with Crippen molar-refractivity contribution >= 4 is 45.7 Å². The van der Waals surface area contributed by atoms with Gasteiger partial charge in [0.1, 0.15) is 6.54 Å². The van der Waals surface area contributed by atoms with Crippen molar-refractivity contribution in [3.05, 3.63) is 69.2 Å². The van der Waals surface area contributed by atoms with Crippen LogP contribution in [0, 0.1) is 0 Å². The lowest BCUT2D eigenvalue weighted by Crippen LogP contribution is -2.35. The SMILES string of the molecule is O=C(Cn1cnc2ccc(Cl)cc2c1=O)NNc1ccc(Cl)cc1. The molecule has 2 N–H and O–H groups in total. The average Bonchev–Trinajstić information content (AvgIpc) is 2.57. The van der Waals surface area contributed by atoms with E-state index in [1.54, 1.807) is 36.4 Å². The van der Waals surface area contributed by atoms with E-state index in [0.29, 0.717) is 26.6 Å². The van der Waals surface area contributed by atoms with Crippen LogP contribution in [0.15, 0.2) is 53.6 Å². The summed E-state index contributed by atoms with van der Waals surface area (Å²) in [5, 5.41) is 1.40. The van der Waals surface area contributed by atoms with Crippen molar-refractivity contribution in [1.29, 1.82) is 0 Å². The maximum Gasteiger partial charge on any atom is 0.261 e. The molecule has 1 heterocycles. The Kier molecular flexibility index (Phi) is 4.69. The van der Waals surface area contributed by atoms with Crippen LogP contribution in [0.2, 0.25) is 10.0 Å². The molecule has 0 saturated heterocycles. The van der Waals surface area contributed by atoms with Gasteiger partial charge in [-0.05, 0) is 42.5 Å². The highest BCUT2D eigenvalue weighted by Gasteiger charge is 2.08. The van der Waals surface area contributed by atoms with Crippen molar-refractivity contribution in [1.82, 2.24) is 15.0 Å². The quantitative estimate of drug-likeness (QED) is 0.699. The van der Waals surface area contributed by atoms with Crippen molar-refractivity contribution < 1.29 is 4.79 Å². The number of carbonyl (C=O) groups is 1. The van der Waals surface area contributed by atoms with E-state index in [1.165, 1.54) is 17.0 Å². The molecule has 0 saturated carbocycles. The van der Waals surface area contributed by atoms with Gasteiger partial charge in [-0.3, -0.25) is 25.0 Å². The standard InChI is InChI=1S/C16H12Cl2N4O2/c17-10-1-4-12(5-2-10)20-21-15(23)8-22-9-19-14-6-3-11(18)7-13(14)16(22)24/h1-7,9,20H,8H2,(H,21,23). The minimum absolute atomic E-state index is 0.172. The molecule has 6 nitrogen and oxygen atoms in total. The van der Waals surface area contributed by atoms with E-state index in [1.807, 2.05) is 0 Å². The monoisotopic (exact) mass is 362 g/mol. The number of carbonyl (C=O) groups excluding carboxylic acids is 1. The summed E-state index contributed by atoms with van der Waals surface area (Å²) in [6.07, 6.45) is 1.33. The van der Waals surface area contributed by atoms with Gasteiger partial charge in [0.2, 0.25) is 0 Å². The van der Waals surface area contributed by atoms with E-state index < -0.39 is 5.91 Å². The fourth-order valence-corrected chi connectivity index (χ4v) is 2.41. The molecule has 122 valence electrons. The van der Waals surface area contributed by atoms with Gasteiger partial charge in [0.15, 0.2) is 0 Å². The molecule has 0 aliphatic rings. The molecule has 0 unspecified atom stereocenters. The van der Waals surface area contributed by atoms with Crippen molar-refractivity contribution in [2.24, 2.45) is 0 Å². The van der Waals surface area contributed by atoms with Crippen LogP contribution < -0.4 is 16.4 Å². The van der Waals surface area contributed by atoms with Gasteiger partial charge < -0.3 is 0 Å². The second-order valence-corrected chi connectivity index (χ2v) is 5.89. The van der Waals surface area contributed by atoms with Crippen LogP contribution in [0.3, 0.4) is 0 Å². The van der Waals surface area contributed by atoms with E-state index in [2.05, 4.69) is 15.8 Å². The molecule has 0 aliphatic carbocycles. The molecule has 0 bridgehead atoms. The zero-order valence-corrected chi connectivity index (χ0v) is 13.8. The number of benzene rings is 2. The molecule has 1 amide bonds. The number of amides is 1. The Bertz CT molecular complexity index is 954. The van der Waals surface area contributed by atoms with Crippen LogP contribution in [0.1, 0.15) is 0 Å². The molecular formula is C16H12Cl2N4O2. The number of fused-ring (bicyclic) bond motifs is 1. The van der Waals surface area contributed by atoms with Gasteiger partial charge in [0, 0.05) is 10.0 Å². The summed E-state index contributed by atoms with van der Waals surface area (Å²) >= 11 is 11.7. The number of aromatic nitrogens is 2. The number of rotatable bonds is 4. The first-order valence-corrected chi connectivity index (χ1v) is 7.73. The molecule has 1 aromatic heterocycles. The van der Waals surface area contributed by atoms with Crippen LogP contribution >= 0.6 is 23.2 Å². The van der Waals surface area contributed by atoms with Crippen molar-refractivity contribution in [2.75, 3.05) is 5.43 Å². The average molecular weight is 363 g/mol. The molecule has 0 atom stereocenters. The van der Waals surface area contributed by atoms with Crippen LogP contribution in [0.4, 0.5) is 5.69 Å². The van der Waals surface area contributed by atoms with Crippen LogP contribution in [0.25, 0.3) is 10.9 Å². The first kappa shape index (κ1) is 16.3. The van der Waals surface area contributed by atoms with Gasteiger partial charge in [-0.25, -0.2) is 4.98 Å². The molecule has 0 spiro atoms. The summed E-state index contributed by atoms with van der Waals surface area (Å²) < 4.78 is 1.22. The van der Waals surface area contributed by atoms with Gasteiger partial charge in [-0.2, -0.15) is 0 Å². The van der Waals surface area contributed by atoms with Gasteiger partial charge in [0.05, 0.1) is 22.9 Å². The third-order valence-electron chi connectivity index (χ3n) is 3.29.